The average molecular weight is 361 g/mol. The summed E-state index contributed by atoms with van der Waals surface area (Å²) in [4.78, 5) is 35.9. The average Bonchev–Trinajstić information content (AvgIpc) is 3.03. The van der Waals surface area contributed by atoms with Crippen molar-refractivity contribution >= 4 is 17.1 Å². The minimum absolute atomic E-state index is 0.0439. The van der Waals surface area contributed by atoms with Crippen molar-refractivity contribution in [1.29, 1.82) is 0 Å². The second-order valence-electron chi connectivity index (χ2n) is 5.79. The molecular weight excluding hydrogens is 346 g/mol. The number of carbonyl (C=O) groups is 1. The molecule has 0 saturated carbocycles. The van der Waals surface area contributed by atoms with E-state index in [0.29, 0.717) is 22.8 Å². The number of H-pyrrole nitrogens is 1. The highest BCUT2D eigenvalue weighted by molar-refractivity contribution is 6.02. The molecule has 2 aromatic carbocycles. The number of hydrogen-bond acceptors (Lipinski definition) is 5. The Bertz CT molecular complexity index is 1210. The van der Waals surface area contributed by atoms with Crippen LogP contribution in [0.3, 0.4) is 0 Å². The van der Waals surface area contributed by atoms with Gasteiger partial charge in [-0.2, -0.15) is 0 Å². The smallest absolute Gasteiger partial charge is 0.332 e. The van der Waals surface area contributed by atoms with Gasteiger partial charge in [0.2, 0.25) is 0 Å². The molecule has 0 aliphatic rings. The van der Waals surface area contributed by atoms with Gasteiger partial charge in [-0.05, 0) is 12.1 Å². The number of nitrogens with zero attached hydrogens (tertiary/aromatic N) is 3. The first-order valence-electron chi connectivity index (χ1n) is 8.11. The molecule has 4 rings (SSSR count). The molecule has 1 amide bonds. The van der Waals surface area contributed by atoms with Crippen molar-refractivity contribution in [2.75, 3.05) is 7.11 Å². The summed E-state index contributed by atoms with van der Waals surface area (Å²) >= 11 is 0. The highest BCUT2D eigenvalue weighted by Gasteiger charge is 2.20. The van der Waals surface area contributed by atoms with Crippen LogP contribution in [0.5, 0.6) is 5.75 Å². The molecule has 27 heavy (non-hydrogen) atoms. The zero-order valence-corrected chi connectivity index (χ0v) is 14.3. The van der Waals surface area contributed by atoms with Crippen LogP contribution in [0.1, 0.15) is 10.5 Å². The second-order valence-corrected chi connectivity index (χ2v) is 5.79. The molecule has 8 heteroatoms. The Kier molecular flexibility index (Phi) is 3.92. The number of benzene rings is 2. The summed E-state index contributed by atoms with van der Waals surface area (Å²) in [6.45, 7) is 0. The van der Waals surface area contributed by atoms with Gasteiger partial charge in [0.05, 0.1) is 12.8 Å². The van der Waals surface area contributed by atoms with E-state index in [9.17, 15) is 9.59 Å². The first kappa shape index (κ1) is 16.5. The standard InChI is InChI=1S/C19H15N5O3/c1-27-13-9-5-8-12(10-13)24-18-15(22-19(24)26)14(16(20)25)21-17(23-18)11-6-3-2-4-7-11/h2-10H,1H3,(H2,20,25)(H,22,26). The van der Waals surface area contributed by atoms with Crippen LogP contribution in [0.15, 0.2) is 59.4 Å². The summed E-state index contributed by atoms with van der Waals surface area (Å²) in [6.07, 6.45) is 0. The number of ether oxygens (including phenoxy) is 1. The van der Waals surface area contributed by atoms with Crippen LogP contribution in [0, 0.1) is 0 Å². The Balaban J connectivity index is 2.06. The van der Waals surface area contributed by atoms with Gasteiger partial charge < -0.3 is 15.5 Å². The van der Waals surface area contributed by atoms with E-state index in [1.165, 1.54) is 11.7 Å². The van der Waals surface area contributed by atoms with Crippen molar-refractivity contribution in [1.82, 2.24) is 19.5 Å². The fourth-order valence-corrected chi connectivity index (χ4v) is 2.87. The highest BCUT2D eigenvalue weighted by Crippen LogP contribution is 2.23. The molecule has 8 nitrogen and oxygen atoms in total. The molecule has 0 fully saturated rings. The molecule has 3 N–H and O–H groups in total. The topological polar surface area (TPSA) is 116 Å². The van der Waals surface area contributed by atoms with E-state index in [0.717, 1.165) is 0 Å². The molecule has 2 heterocycles. The van der Waals surface area contributed by atoms with E-state index in [2.05, 4.69) is 15.0 Å². The number of imidazole rings is 1. The van der Waals surface area contributed by atoms with E-state index in [1.807, 2.05) is 30.3 Å². The minimum Gasteiger partial charge on any atom is -0.497 e. The number of fused-ring (bicyclic) bond motifs is 1. The minimum atomic E-state index is -0.751. The van der Waals surface area contributed by atoms with Crippen molar-refractivity contribution in [2.45, 2.75) is 0 Å². The Morgan fingerprint density at radius 2 is 1.89 bits per heavy atom. The molecule has 0 aliphatic carbocycles. The Hall–Kier alpha value is -3.94. The Labute approximate surface area is 153 Å². The summed E-state index contributed by atoms with van der Waals surface area (Å²) in [6, 6.07) is 16.1. The molecule has 0 atom stereocenters. The quantitative estimate of drug-likeness (QED) is 0.576. The summed E-state index contributed by atoms with van der Waals surface area (Å²) in [5.41, 5.74) is 6.68. The highest BCUT2D eigenvalue weighted by atomic mass is 16.5. The predicted octanol–water partition coefficient (Wildman–Crippen LogP) is 1.88. The lowest BCUT2D eigenvalue weighted by molar-refractivity contribution is 0.0997. The zero-order chi connectivity index (χ0) is 19.0. The van der Waals surface area contributed by atoms with Crippen LogP contribution in [0.4, 0.5) is 0 Å². The second kappa shape index (κ2) is 6.41. The zero-order valence-electron chi connectivity index (χ0n) is 14.3. The van der Waals surface area contributed by atoms with Crippen LogP contribution >= 0.6 is 0 Å². The first-order chi connectivity index (χ1) is 13.1. The number of nitrogens with one attached hydrogen (secondary N) is 1. The van der Waals surface area contributed by atoms with Crippen LogP contribution < -0.4 is 16.2 Å². The fraction of sp³-hybridized carbons (Fsp3) is 0.0526. The molecule has 0 aliphatic heterocycles. The summed E-state index contributed by atoms with van der Waals surface area (Å²) in [5, 5.41) is 0. The lowest BCUT2D eigenvalue weighted by Crippen LogP contribution is -2.15. The monoisotopic (exact) mass is 361 g/mol. The van der Waals surface area contributed by atoms with Gasteiger partial charge in [-0.15, -0.1) is 0 Å². The third-order valence-corrected chi connectivity index (χ3v) is 4.11. The molecule has 0 radical (unpaired) electrons. The van der Waals surface area contributed by atoms with Gasteiger partial charge in [0.25, 0.3) is 5.91 Å². The van der Waals surface area contributed by atoms with Crippen molar-refractivity contribution in [3.63, 3.8) is 0 Å². The van der Waals surface area contributed by atoms with E-state index in [1.54, 1.807) is 24.3 Å². The van der Waals surface area contributed by atoms with Gasteiger partial charge in [0, 0.05) is 11.6 Å². The molecule has 4 aromatic rings. The van der Waals surface area contributed by atoms with Crippen molar-refractivity contribution in [2.24, 2.45) is 5.73 Å². The van der Waals surface area contributed by atoms with E-state index in [-0.39, 0.29) is 16.9 Å². The van der Waals surface area contributed by atoms with Gasteiger partial charge >= 0.3 is 5.69 Å². The van der Waals surface area contributed by atoms with Crippen LogP contribution in [0.2, 0.25) is 0 Å². The van der Waals surface area contributed by atoms with Gasteiger partial charge in [-0.25, -0.2) is 19.3 Å². The molecule has 0 bridgehead atoms. The molecule has 134 valence electrons. The van der Waals surface area contributed by atoms with E-state index >= 15 is 0 Å². The lowest BCUT2D eigenvalue weighted by Gasteiger charge is -2.07. The van der Waals surface area contributed by atoms with Gasteiger partial charge in [0.1, 0.15) is 11.3 Å². The number of aromatic nitrogens is 4. The molecule has 0 unspecified atom stereocenters. The summed E-state index contributed by atoms with van der Waals surface area (Å²) < 4.78 is 6.59. The van der Waals surface area contributed by atoms with Gasteiger partial charge in [0.15, 0.2) is 17.2 Å². The number of methoxy groups -OCH3 is 1. The lowest BCUT2D eigenvalue weighted by atomic mass is 10.2. The maximum atomic E-state index is 12.6. The third kappa shape index (κ3) is 2.82. The number of aromatic amines is 1. The van der Waals surface area contributed by atoms with Crippen LogP contribution in [0.25, 0.3) is 28.2 Å². The summed E-state index contributed by atoms with van der Waals surface area (Å²) in [7, 11) is 1.54. The number of amides is 1. The third-order valence-electron chi connectivity index (χ3n) is 4.11. The fourth-order valence-electron chi connectivity index (χ4n) is 2.87. The number of hydrogen-bond donors (Lipinski definition) is 2. The maximum Gasteiger partial charge on any atom is 0.332 e. The number of carbonyl (C=O) groups excluding carboxylic acids is 1. The Morgan fingerprint density at radius 1 is 1.11 bits per heavy atom. The largest absolute Gasteiger partial charge is 0.497 e. The number of primary amides is 1. The normalized spacial score (nSPS) is 10.9. The summed E-state index contributed by atoms with van der Waals surface area (Å²) in [5.74, 6) is 0.132. The molecular formula is C19H15N5O3. The van der Waals surface area contributed by atoms with Crippen LogP contribution in [-0.2, 0) is 0 Å². The van der Waals surface area contributed by atoms with Crippen molar-refractivity contribution in [3.05, 3.63) is 70.8 Å². The van der Waals surface area contributed by atoms with Crippen molar-refractivity contribution < 1.29 is 9.53 Å². The van der Waals surface area contributed by atoms with Crippen molar-refractivity contribution in [3.8, 4) is 22.8 Å². The SMILES string of the molecule is COc1cccc(-n2c(=O)[nH]c3c(C(N)=O)nc(-c4ccccc4)nc32)c1. The Morgan fingerprint density at radius 3 is 2.59 bits per heavy atom. The van der Waals surface area contributed by atoms with E-state index in [4.69, 9.17) is 10.5 Å². The van der Waals surface area contributed by atoms with Gasteiger partial charge in [-0.1, -0.05) is 36.4 Å². The first-order valence-corrected chi connectivity index (χ1v) is 8.11. The molecule has 2 aromatic heterocycles. The van der Waals surface area contributed by atoms with Crippen LogP contribution in [-0.4, -0.2) is 32.5 Å². The number of nitrogens with two attached hydrogens (primary N) is 1. The van der Waals surface area contributed by atoms with E-state index < -0.39 is 11.6 Å². The maximum absolute atomic E-state index is 12.6. The predicted molar refractivity (Wildman–Crippen MR) is 100.0 cm³/mol. The van der Waals surface area contributed by atoms with Gasteiger partial charge in [-0.3, -0.25) is 4.79 Å². The molecule has 0 saturated heterocycles. The molecule has 0 spiro atoms. The number of rotatable bonds is 4.